The first kappa shape index (κ1) is 11.6. The molecule has 0 atom stereocenters. The summed E-state index contributed by atoms with van der Waals surface area (Å²) >= 11 is 0. The highest BCUT2D eigenvalue weighted by Gasteiger charge is 2.26. The summed E-state index contributed by atoms with van der Waals surface area (Å²) in [4.78, 5) is 17.9. The Kier molecular flexibility index (Phi) is 3.71. The molecule has 0 saturated heterocycles. The third-order valence-electron chi connectivity index (χ3n) is 3.19. The van der Waals surface area contributed by atoms with Crippen LogP contribution in [0.25, 0.3) is 0 Å². The van der Waals surface area contributed by atoms with E-state index in [0.29, 0.717) is 5.56 Å². The Morgan fingerprint density at radius 1 is 1.41 bits per heavy atom. The fourth-order valence-electron chi connectivity index (χ4n) is 2.32. The highest BCUT2D eigenvalue weighted by molar-refractivity contribution is 5.94. The van der Waals surface area contributed by atoms with Gasteiger partial charge >= 0.3 is 0 Å². The first-order valence-corrected chi connectivity index (χ1v) is 5.91. The Labute approximate surface area is 101 Å². The first-order chi connectivity index (χ1) is 8.33. The van der Waals surface area contributed by atoms with Gasteiger partial charge in [0.15, 0.2) is 0 Å². The minimum Gasteiger partial charge on any atom is -0.322 e. The van der Waals surface area contributed by atoms with E-state index >= 15 is 0 Å². The number of nitriles is 1. The van der Waals surface area contributed by atoms with Crippen LogP contribution in [0.1, 0.15) is 36.0 Å². The molecule has 1 aliphatic rings. The summed E-state index contributed by atoms with van der Waals surface area (Å²) in [6.45, 7) is 0.172. The van der Waals surface area contributed by atoms with Gasteiger partial charge in [-0.3, -0.25) is 9.78 Å². The van der Waals surface area contributed by atoms with E-state index in [1.165, 1.54) is 0 Å². The SMILES string of the molecule is N#CCN(C(=O)c1ccncc1)C1CCCC1. The van der Waals surface area contributed by atoms with Crippen LogP contribution in [-0.4, -0.2) is 28.4 Å². The average molecular weight is 229 g/mol. The second kappa shape index (κ2) is 5.44. The lowest BCUT2D eigenvalue weighted by Crippen LogP contribution is -2.39. The van der Waals surface area contributed by atoms with Gasteiger partial charge in [0.2, 0.25) is 0 Å². The number of aromatic nitrogens is 1. The normalized spacial score (nSPS) is 15.5. The van der Waals surface area contributed by atoms with Crippen molar-refractivity contribution in [1.82, 2.24) is 9.88 Å². The predicted molar refractivity (Wildman–Crippen MR) is 63.1 cm³/mol. The van der Waals surface area contributed by atoms with Crippen molar-refractivity contribution >= 4 is 5.91 Å². The van der Waals surface area contributed by atoms with Crippen LogP contribution in [-0.2, 0) is 0 Å². The number of carbonyl (C=O) groups is 1. The molecular formula is C13H15N3O. The quantitative estimate of drug-likeness (QED) is 0.745. The summed E-state index contributed by atoms with van der Waals surface area (Å²) in [5.41, 5.74) is 0.613. The van der Waals surface area contributed by atoms with Crippen molar-refractivity contribution in [3.8, 4) is 6.07 Å². The molecule has 0 unspecified atom stereocenters. The molecule has 2 rings (SSSR count). The van der Waals surface area contributed by atoms with Crippen molar-refractivity contribution in [2.45, 2.75) is 31.7 Å². The highest BCUT2D eigenvalue weighted by Crippen LogP contribution is 2.24. The van der Waals surface area contributed by atoms with Gasteiger partial charge in [-0.25, -0.2) is 0 Å². The molecule has 0 radical (unpaired) electrons. The van der Waals surface area contributed by atoms with Gasteiger partial charge in [-0.05, 0) is 25.0 Å². The standard InChI is InChI=1S/C13H15N3O/c14-7-10-16(12-3-1-2-4-12)13(17)11-5-8-15-9-6-11/h5-6,8-9,12H,1-4,10H2. The average Bonchev–Trinajstić information content (AvgIpc) is 2.90. The zero-order valence-electron chi connectivity index (χ0n) is 9.67. The molecule has 4 nitrogen and oxygen atoms in total. The molecule has 1 saturated carbocycles. The summed E-state index contributed by atoms with van der Waals surface area (Å²) in [6.07, 6.45) is 7.53. The van der Waals surface area contributed by atoms with E-state index in [2.05, 4.69) is 11.1 Å². The van der Waals surface area contributed by atoms with Crippen molar-refractivity contribution in [3.05, 3.63) is 30.1 Å². The number of carbonyl (C=O) groups excluding carboxylic acids is 1. The Balaban J connectivity index is 2.16. The fraction of sp³-hybridized carbons (Fsp3) is 0.462. The number of amides is 1. The highest BCUT2D eigenvalue weighted by atomic mass is 16.2. The Bertz CT molecular complexity index is 418. The number of nitrogens with zero attached hydrogens (tertiary/aromatic N) is 3. The van der Waals surface area contributed by atoms with Crippen LogP contribution < -0.4 is 0 Å². The van der Waals surface area contributed by atoms with Gasteiger partial charge in [0.1, 0.15) is 6.54 Å². The van der Waals surface area contributed by atoms with Crippen molar-refractivity contribution < 1.29 is 4.79 Å². The van der Waals surface area contributed by atoms with E-state index in [1.807, 2.05) is 0 Å². The molecule has 1 fully saturated rings. The maximum atomic E-state index is 12.3. The molecule has 0 aromatic carbocycles. The van der Waals surface area contributed by atoms with Crippen LogP contribution in [0.4, 0.5) is 0 Å². The monoisotopic (exact) mass is 229 g/mol. The topological polar surface area (TPSA) is 57.0 Å². The molecule has 1 aromatic rings. The third-order valence-corrected chi connectivity index (χ3v) is 3.19. The zero-order valence-corrected chi connectivity index (χ0v) is 9.67. The largest absolute Gasteiger partial charge is 0.322 e. The van der Waals surface area contributed by atoms with E-state index in [-0.39, 0.29) is 18.5 Å². The fourth-order valence-corrected chi connectivity index (χ4v) is 2.32. The third kappa shape index (κ3) is 2.62. The summed E-state index contributed by atoms with van der Waals surface area (Å²) in [6, 6.07) is 5.71. The maximum absolute atomic E-state index is 12.3. The zero-order chi connectivity index (χ0) is 12.1. The van der Waals surface area contributed by atoms with Crippen LogP contribution in [0.2, 0.25) is 0 Å². The molecule has 88 valence electrons. The summed E-state index contributed by atoms with van der Waals surface area (Å²) < 4.78 is 0. The molecule has 17 heavy (non-hydrogen) atoms. The van der Waals surface area contributed by atoms with Crippen LogP contribution >= 0.6 is 0 Å². The molecule has 0 spiro atoms. The predicted octanol–water partition coefficient (Wildman–Crippen LogP) is 1.99. The van der Waals surface area contributed by atoms with Crippen molar-refractivity contribution in [2.24, 2.45) is 0 Å². The van der Waals surface area contributed by atoms with Crippen LogP contribution in [0.15, 0.2) is 24.5 Å². The second-order valence-corrected chi connectivity index (χ2v) is 4.27. The van der Waals surface area contributed by atoms with E-state index in [1.54, 1.807) is 29.4 Å². The molecular weight excluding hydrogens is 214 g/mol. The lowest BCUT2D eigenvalue weighted by Gasteiger charge is -2.26. The lowest BCUT2D eigenvalue weighted by molar-refractivity contribution is 0.0709. The Hall–Kier alpha value is -1.89. The number of rotatable bonds is 3. The maximum Gasteiger partial charge on any atom is 0.255 e. The van der Waals surface area contributed by atoms with E-state index < -0.39 is 0 Å². The van der Waals surface area contributed by atoms with Crippen LogP contribution in [0, 0.1) is 11.3 Å². The molecule has 0 N–H and O–H groups in total. The van der Waals surface area contributed by atoms with Crippen LogP contribution in [0.3, 0.4) is 0 Å². The van der Waals surface area contributed by atoms with E-state index in [0.717, 1.165) is 25.7 Å². The first-order valence-electron chi connectivity index (χ1n) is 5.91. The molecule has 1 aliphatic carbocycles. The van der Waals surface area contributed by atoms with Crippen molar-refractivity contribution in [3.63, 3.8) is 0 Å². The van der Waals surface area contributed by atoms with Crippen molar-refractivity contribution in [1.29, 1.82) is 5.26 Å². The minimum absolute atomic E-state index is 0.0548. The number of pyridine rings is 1. The lowest BCUT2D eigenvalue weighted by atomic mass is 10.1. The Morgan fingerprint density at radius 2 is 2.06 bits per heavy atom. The summed E-state index contributed by atoms with van der Waals surface area (Å²) in [7, 11) is 0. The summed E-state index contributed by atoms with van der Waals surface area (Å²) in [5, 5.41) is 8.84. The van der Waals surface area contributed by atoms with E-state index in [9.17, 15) is 4.79 Å². The van der Waals surface area contributed by atoms with Gasteiger partial charge < -0.3 is 4.90 Å². The summed E-state index contributed by atoms with van der Waals surface area (Å²) in [5.74, 6) is -0.0548. The minimum atomic E-state index is -0.0548. The molecule has 1 heterocycles. The Morgan fingerprint density at radius 3 is 2.65 bits per heavy atom. The van der Waals surface area contributed by atoms with Gasteiger partial charge in [-0.1, -0.05) is 12.8 Å². The smallest absolute Gasteiger partial charge is 0.255 e. The van der Waals surface area contributed by atoms with Gasteiger partial charge in [0.05, 0.1) is 6.07 Å². The molecule has 1 aromatic heterocycles. The van der Waals surface area contributed by atoms with Gasteiger partial charge in [0, 0.05) is 24.0 Å². The molecule has 4 heteroatoms. The van der Waals surface area contributed by atoms with Gasteiger partial charge in [0.25, 0.3) is 5.91 Å². The van der Waals surface area contributed by atoms with Crippen LogP contribution in [0.5, 0.6) is 0 Å². The second-order valence-electron chi connectivity index (χ2n) is 4.27. The van der Waals surface area contributed by atoms with E-state index in [4.69, 9.17) is 5.26 Å². The number of hydrogen-bond donors (Lipinski definition) is 0. The number of hydrogen-bond acceptors (Lipinski definition) is 3. The van der Waals surface area contributed by atoms with Crippen molar-refractivity contribution in [2.75, 3.05) is 6.54 Å². The molecule has 0 bridgehead atoms. The van der Waals surface area contributed by atoms with Gasteiger partial charge in [-0.2, -0.15) is 5.26 Å². The van der Waals surface area contributed by atoms with Gasteiger partial charge in [-0.15, -0.1) is 0 Å². The molecule has 1 amide bonds. The molecule has 0 aliphatic heterocycles.